The second-order valence-electron chi connectivity index (χ2n) is 5.88. The monoisotopic (exact) mass is 337 g/mol. The Hall–Kier alpha value is 0.180. The van der Waals surface area contributed by atoms with Gasteiger partial charge in [0.25, 0.3) is 10.2 Å². The van der Waals surface area contributed by atoms with Crippen LogP contribution >= 0.6 is 11.8 Å². The summed E-state index contributed by atoms with van der Waals surface area (Å²) >= 11 is 1.75. The van der Waals surface area contributed by atoms with Gasteiger partial charge in [0.05, 0.1) is 0 Å². The lowest BCUT2D eigenvalue weighted by Crippen LogP contribution is -2.49. The summed E-state index contributed by atoms with van der Waals surface area (Å²) in [5.74, 6) is 1.41. The van der Waals surface area contributed by atoms with E-state index in [4.69, 9.17) is 0 Å². The molecule has 2 atom stereocenters. The molecule has 0 aliphatic carbocycles. The molecule has 0 radical (unpaired) electrons. The van der Waals surface area contributed by atoms with Crippen molar-refractivity contribution in [1.29, 1.82) is 0 Å². The highest BCUT2D eigenvalue weighted by molar-refractivity contribution is 7.98. The van der Waals surface area contributed by atoms with Crippen LogP contribution in [-0.4, -0.2) is 57.0 Å². The van der Waals surface area contributed by atoms with Gasteiger partial charge in [-0.25, -0.2) is 0 Å². The fourth-order valence-corrected chi connectivity index (χ4v) is 4.72. The third-order valence-corrected chi connectivity index (χ3v) is 6.14. The van der Waals surface area contributed by atoms with E-state index in [9.17, 15) is 8.42 Å². The van der Waals surface area contributed by atoms with Crippen LogP contribution < -0.4 is 10.0 Å². The minimum atomic E-state index is -3.33. The highest BCUT2D eigenvalue weighted by Gasteiger charge is 2.29. The molecule has 1 heterocycles. The van der Waals surface area contributed by atoms with Crippen molar-refractivity contribution in [1.82, 2.24) is 14.3 Å². The Kier molecular flexibility index (Phi) is 9.20. The Morgan fingerprint density at radius 3 is 2.86 bits per heavy atom. The van der Waals surface area contributed by atoms with Gasteiger partial charge in [-0.2, -0.15) is 29.2 Å². The summed E-state index contributed by atoms with van der Waals surface area (Å²) < 4.78 is 29.3. The Bertz CT molecular complexity index is 376. The van der Waals surface area contributed by atoms with Gasteiger partial charge in [0.2, 0.25) is 0 Å². The molecule has 1 fully saturated rings. The fourth-order valence-electron chi connectivity index (χ4n) is 2.58. The first-order chi connectivity index (χ1) is 9.99. The van der Waals surface area contributed by atoms with Gasteiger partial charge in [-0.05, 0) is 63.6 Å². The summed E-state index contributed by atoms with van der Waals surface area (Å²) in [4.78, 5) is 0. The normalized spacial score (nSPS) is 22.3. The van der Waals surface area contributed by atoms with Gasteiger partial charge in [0, 0.05) is 19.1 Å². The standard InChI is InChI=1S/C14H31N3O2S2/c1-4-8-15-11-14-6-5-9-17(12-14)21(18,19)16-13(2)7-10-20-3/h13-16H,4-12H2,1-3H3. The summed E-state index contributed by atoms with van der Waals surface area (Å²) in [6.07, 6.45) is 6.10. The maximum absolute atomic E-state index is 12.4. The lowest BCUT2D eigenvalue weighted by molar-refractivity contribution is 0.257. The van der Waals surface area contributed by atoms with Gasteiger partial charge in [0.15, 0.2) is 0 Å². The van der Waals surface area contributed by atoms with E-state index in [1.54, 1.807) is 16.1 Å². The van der Waals surface area contributed by atoms with Crippen LogP contribution in [0.2, 0.25) is 0 Å². The molecule has 0 saturated carbocycles. The van der Waals surface area contributed by atoms with Crippen LogP contribution in [0, 0.1) is 5.92 Å². The molecule has 7 heteroatoms. The highest BCUT2D eigenvalue weighted by Crippen LogP contribution is 2.18. The first-order valence-corrected chi connectivity index (χ1v) is 10.8. The van der Waals surface area contributed by atoms with Crippen molar-refractivity contribution in [3.8, 4) is 0 Å². The quantitative estimate of drug-likeness (QED) is 0.595. The van der Waals surface area contributed by atoms with E-state index in [1.807, 2.05) is 13.2 Å². The highest BCUT2D eigenvalue weighted by atomic mass is 32.2. The van der Waals surface area contributed by atoms with Crippen LogP contribution in [0.25, 0.3) is 0 Å². The Morgan fingerprint density at radius 1 is 1.43 bits per heavy atom. The second-order valence-corrected chi connectivity index (χ2v) is 8.56. The molecule has 2 N–H and O–H groups in total. The predicted molar refractivity (Wildman–Crippen MR) is 92.0 cm³/mol. The van der Waals surface area contributed by atoms with Crippen LogP contribution in [0.5, 0.6) is 0 Å². The third kappa shape index (κ3) is 7.32. The molecule has 0 amide bonds. The molecule has 1 rings (SSSR count). The minimum absolute atomic E-state index is 0.000966. The number of hydrogen-bond donors (Lipinski definition) is 2. The maximum Gasteiger partial charge on any atom is 0.279 e. The summed E-state index contributed by atoms with van der Waals surface area (Å²) in [7, 11) is -3.33. The number of piperidine rings is 1. The van der Waals surface area contributed by atoms with E-state index >= 15 is 0 Å². The van der Waals surface area contributed by atoms with Crippen molar-refractivity contribution in [3.63, 3.8) is 0 Å². The topological polar surface area (TPSA) is 61.4 Å². The predicted octanol–water partition coefficient (Wildman–Crippen LogP) is 1.67. The van der Waals surface area contributed by atoms with E-state index in [2.05, 4.69) is 17.0 Å². The summed E-state index contributed by atoms with van der Waals surface area (Å²) in [6.45, 7) is 7.30. The molecule has 0 aromatic heterocycles. The van der Waals surface area contributed by atoms with Crippen molar-refractivity contribution in [2.45, 2.75) is 45.6 Å². The van der Waals surface area contributed by atoms with E-state index in [0.29, 0.717) is 19.0 Å². The lowest BCUT2D eigenvalue weighted by atomic mass is 10.00. The summed E-state index contributed by atoms with van der Waals surface area (Å²) in [6, 6.07) is 0.000966. The zero-order chi connectivity index (χ0) is 15.7. The lowest BCUT2D eigenvalue weighted by Gasteiger charge is -2.32. The zero-order valence-electron chi connectivity index (χ0n) is 13.6. The van der Waals surface area contributed by atoms with E-state index < -0.39 is 10.2 Å². The molecule has 0 aromatic rings. The molecular formula is C14H31N3O2S2. The molecule has 21 heavy (non-hydrogen) atoms. The van der Waals surface area contributed by atoms with Crippen molar-refractivity contribution in [2.75, 3.05) is 38.2 Å². The minimum Gasteiger partial charge on any atom is -0.316 e. The van der Waals surface area contributed by atoms with Crippen molar-refractivity contribution < 1.29 is 8.42 Å². The van der Waals surface area contributed by atoms with Gasteiger partial charge in [-0.15, -0.1) is 0 Å². The molecule has 5 nitrogen and oxygen atoms in total. The van der Waals surface area contributed by atoms with Crippen LogP contribution in [0.3, 0.4) is 0 Å². The molecule has 1 aliphatic rings. The smallest absolute Gasteiger partial charge is 0.279 e. The first kappa shape index (κ1) is 19.2. The van der Waals surface area contributed by atoms with E-state index in [-0.39, 0.29) is 6.04 Å². The van der Waals surface area contributed by atoms with Crippen molar-refractivity contribution in [3.05, 3.63) is 0 Å². The van der Waals surface area contributed by atoms with Crippen molar-refractivity contribution in [2.24, 2.45) is 5.92 Å². The Labute approximate surface area is 134 Å². The maximum atomic E-state index is 12.4. The van der Waals surface area contributed by atoms with Gasteiger partial charge in [0.1, 0.15) is 0 Å². The third-order valence-electron chi connectivity index (χ3n) is 3.79. The Morgan fingerprint density at radius 2 is 2.19 bits per heavy atom. The molecule has 0 spiro atoms. The average molecular weight is 338 g/mol. The number of nitrogens with zero attached hydrogens (tertiary/aromatic N) is 1. The average Bonchev–Trinajstić information content (AvgIpc) is 2.45. The number of hydrogen-bond acceptors (Lipinski definition) is 4. The SMILES string of the molecule is CCCNCC1CCCN(S(=O)(=O)NC(C)CCSC)C1. The summed E-state index contributed by atoms with van der Waals surface area (Å²) in [5.41, 5.74) is 0. The van der Waals surface area contributed by atoms with Gasteiger partial charge in [-0.3, -0.25) is 0 Å². The largest absolute Gasteiger partial charge is 0.316 e. The van der Waals surface area contributed by atoms with Gasteiger partial charge < -0.3 is 5.32 Å². The van der Waals surface area contributed by atoms with Crippen LogP contribution in [0.4, 0.5) is 0 Å². The number of thioether (sulfide) groups is 1. The molecule has 126 valence electrons. The molecule has 0 bridgehead atoms. The van der Waals surface area contributed by atoms with Crippen LogP contribution in [-0.2, 0) is 10.2 Å². The van der Waals surface area contributed by atoms with E-state index in [1.165, 1.54) is 0 Å². The second kappa shape index (κ2) is 10.0. The summed E-state index contributed by atoms with van der Waals surface area (Å²) in [5, 5.41) is 3.40. The molecule has 0 aromatic carbocycles. The first-order valence-electron chi connectivity index (χ1n) is 7.96. The van der Waals surface area contributed by atoms with Crippen LogP contribution in [0.15, 0.2) is 0 Å². The number of nitrogens with one attached hydrogen (secondary N) is 2. The molecular weight excluding hydrogens is 306 g/mol. The van der Waals surface area contributed by atoms with Crippen LogP contribution in [0.1, 0.15) is 39.5 Å². The fraction of sp³-hybridized carbons (Fsp3) is 1.00. The van der Waals surface area contributed by atoms with E-state index in [0.717, 1.165) is 44.5 Å². The van der Waals surface area contributed by atoms with Gasteiger partial charge >= 0.3 is 0 Å². The Balaban J connectivity index is 2.45. The molecule has 2 unspecified atom stereocenters. The molecule has 1 saturated heterocycles. The van der Waals surface area contributed by atoms with Crippen molar-refractivity contribution >= 4 is 22.0 Å². The molecule has 1 aliphatic heterocycles. The zero-order valence-corrected chi connectivity index (χ0v) is 15.2. The number of rotatable bonds is 10. The van der Waals surface area contributed by atoms with Gasteiger partial charge in [-0.1, -0.05) is 6.92 Å².